The standard InChI is InChI=1S/C9H10Cl2N6/c1-17-9(12)5(4-14-17)3-13-6-2-7(10)15-16-8(6)11/h2,4H,3,12H2,1H3,(H,13,15). The van der Waals surface area contributed by atoms with Crippen LogP contribution in [0.3, 0.4) is 0 Å². The lowest BCUT2D eigenvalue weighted by atomic mass is 10.3. The van der Waals surface area contributed by atoms with Crippen molar-refractivity contribution in [3.8, 4) is 0 Å². The van der Waals surface area contributed by atoms with E-state index in [-0.39, 0.29) is 10.3 Å². The molecule has 0 aromatic carbocycles. The number of aromatic nitrogens is 4. The zero-order valence-corrected chi connectivity index (χ0v) is 10.5. The molecule has 0 radical (unpaired) electrons. The Hall–Kier alpha value is -1.53. The van der Waals surface area contributed by atoms with Crippen molar-refractivity contribution in [3.05, 3.63) is 28.1 Å². The molecule has 0 saturated heterocycles. The predicted octanol–water partition coefficient (Wildman–Crippen LogP) is 1.71. The summed E-state index contributed by atoms with van der Waals surface area (Å²) in [5.74, 6) is 0.599. The molecule has 2 heterocycles. The van der Waals surface area contributed by atoms with Crippen molar-refractivity contribution in [1.82, 2.24) is 20.0 Å². The van der Waals surface area contributed by atoms with Gasteiger partial charge in [-0.1, -0.05) is 23.2 Å². The highest BCUT2D eigenvalue weighted by Crippen LogP contribution is 2.22. The van der Waals surface area contributed by atoms with Gasteiger partial charge in [0.2, 0.25) is 0 Å². The first-order chi connectivity index (χ1) is 8.08. The number of nitrogens with zero attached hydrogens (tertiary/aromatic N) is 4. The molecule has 0 amide bonds. The zero-order valence-electron chi connectivity index (χ0n) is 8.98. The Morgan fingerprint density at radius 3 is 2.82 bits per heavy atom. The second kappa shape index (κ2) is 4.77. The van der Waals surface area contributed by atoms with Gasteiger partial charge in [0.25, 0.3) is 0 Å². The fourth-order valence-corrected chi connectivity index (χ4v) is 1.60. The van der Waals surface area contributed by atoms with Crippen LogP contribution in [0.5, 0.6) is 0 Å². The highest BCUT2D eigenvalue weighted by Gasteiger charge is 2.07. The summed E-state index contributed by atoms with van der Waals surface area (Å²) in [5.41, 5.74) is 7.29. The van der Waals surface area contributed by atoms with Crippen LogP contribution in [0.4, 0.5) is 11.5 Å². The maximum atomic E-state index is 5.86. The minimum Gasteiger partial charge on any atom is -0.384 e. The molecular weight excluding hydrogens is 263 g/mol. The van der Waals surface area contributed by atoms with Crippen LogP contribution in [0.25, 0.3) is 0 Å². The summed E-state index contributed by atoms with van der Waals surface area (Å²) in [6.07, 6.45) is 1.69. The minimum atomic E-state index is 0.261. The second-order valence-electron chi connectivity index (χ2n) is 3.40. The average molecular weight is 273 g/mol. The molecule has 6 nitrogen and oxygen atoms in total. The molecule has 0 aliphatic heterocycles. The van der Waals surface area contributed by atoms with Crippen molar-refractivity contribution in [2.75, 3.05) is 11.1 Å². The summed E-state index contributed by atoms with van der Waals surface area (Å²) < 4.78 is 1.59. The number of nitrogen functional groups attached to an aromatic ring is 1. The third-order valence-electron chi connectivity index (χ3n) is 2.25. The zero-order chi connectivity index (χ0) is 12.4. The monoisotopic (exact) mass is 272 g/mol. The Labute approximate surface area is 108 Å². The molecule has 90 valence electrons. The van der Waals surface area contributed by atoms with Gasteiger partial charge in [-0.15, -0.1) is 10.2 Å². The van der Waals surface area contributed by atoms with E-state index in [9.17, 15) is 0 Å². The van der Waals surface area contributed by atoms with Crippen LogP contribution in [0.2, 0.25) is 10.3 Å². The molecule has 0 unspecified atom stereocenters. The topological polar surface area (TPSA) is 81.7 Å². The third-order valence-corrected chi connectivity index (χ3v) is 2.72. The normalized spacial score (nSPS) is 10.5. The molecule has 0 bridgehead atoms. The molecule has 0 fully saturated rings. The fourth-order valence-electron chi connectivity index (χ4n) is 1.30. The summed E-state index contributed by atoms with van der Waals surface area (Å²) in [6, 6.07) is 1.60. The maximum absolute atomic E-state index is 5.86. The summed E-state index contributed by atoms with van der Waals surface area (Å²) in [4.78, 5) is 0. The van der Waals surface area contributed by atoms with Gasteiger partial charge in [0.1, 0.15) is 5.82 Å². The highest BCUT2D eigenvalue weighted by atomic mass is 35.5. The highest BCUT2D eigenvalue weighted by molar-refractivity contribution is 6.33. The van der Waals surface area contributed by atoms with E-state index in [2.05, 4.69) is 20.6 Å². The first kappa shape index (κ1) is 11.9. The van der Waals surface area contributed by atoms with E-state index in [1.165, 1.54) is 0 Å². The van der Waals surface area contributed by atoms with Crippen LogP contribution in [-0.2, 0) is 13.6 Å². The number of anilines is 2. The van der Waals surface area contributed by atoms with Gasteiger partial charge >= 0.3 is 0 Å². The third kappa shape index (κ3) is 2.59. The van der Waals surface area contributed by atoms with E-state index in [1.54, 1.807) is 24.0 Å². The summed E-state index contributed by atoms with van der Waals surface area (Å²) in [6.45, 7) is 0.488. The first-order valence-electron chi connectivity index (χ1n) is 4.77. The summed E-state index contributed by atoms with van der Waals surface area (Å²) in [5, 5.41) is 14.9. The van der Waals surface area contributed by atoms with Crippen LogP contribution >= 0.6 is 23.2 Å². The number of nitrogens with one attached hydrogen (secondary N) is 1. The molecule has 2 aromatic heterocycles. The Bertz CT molecular complexity index is 538. The molecule has 0 saturated carbocycles. The molecule has 3 N–H and O–H groups in total. The number of hydrogen-bond acceptors (Lipinski definition) is 5. The van der Waals surface area contributed by atoms with Crippen LogP contribution in [-0.4, -0.2) is 20.0 Å². The van der Waals surface area contributed by atoms with Crippen molar-refractivity contribution in [3.63, 3.8) is 0 Å². The van der Waals surface area contributed by atoms with E-state index in [0.717, 1.165) is 5.56 Å². The average Bonchev–Trinajstić information content (AvgIpc) is 2.62. The lowest BCUT2D eigenvalue weighted by Crippen LogP contribution is -2.05. The molecule has 0 spiro atoms. The van der Waals surface area contributed by atoms with Gasteiger partial charge < -0.3 is 11.1 Å². The van der Waals surface area contributed by atoms with E-state index < -0.39 is 0 Å². The maximum Gasteiger partial charge on any atom is 0.174 e. The van der Waals surface area contributed by atoms with Crippen LogP contribution in [0.1, 0.15) is 5.56 Å². The molecule has 2 aromatic rings. The largest absolute Gasteiger partial charge is 0.384 e. The van der Waals surface area contributed by atoms with Gasteiger partial charge in [0, 0.05) is 25.2 Å². The Balaban J connectivity index is 2.12. The molecule has 0 aliphatic carbocycles. The molecule has 0 aliphatic rings. The number of halogens is 2. The van der Waals surface area contributed by atoms with Crippen LogP contribution in [0.15, 0.2) is 12.3 Å². The summed E-state index contributed by atoms with van der Waals surface area (Å²) in [7, 11) is 1.77. The van der Waals surface area contributed by atoms with Crippen molar-refractivity contribution in [1.29, 1.82) is 0 Å². The second-order valence-corrected chi connectivity index (χ2v) is 4.15. The van der Waals surface area contributed by atoms with Gasteiger partial charge in [0.05, 0.1) is 11.9 Å². The predicted molar refractivity (Wildman–Crippen MR) is 67.0 cm³/mol. The van der Waals surface area contributed by atoms with Crippen molar-refractivity contribution < 1.29 is 0 Å². The number of aryl methyl sites for hydroxylation is 1. The Kier molecular flexibility index (Phi) is 3.35. The van der Waals surface area contributed by atoms with E-state index in [4.69, 9.17) is 28.9 Å². The van der Waals surface area contributed by atoms with Crippen molar-refractivity contribution in [2.45, 2.75) is 6.54 Å². The Morgan fingerprint density at radius 1 is 1.41 bits per heavy atom. The molecule has 8 heteroatoms. The lowest BCUT2D eigenvalue weighted by Gasteiger charge is -2.06. The fraction of sp³-hybridized carbons (Fsp3) is 0.222. The Morgan fingerprint density at radius 2 is 2.18 bits per heavy atom. The SMILES string of the molecule is Cn1ncc(CNc2cc(Cl)nnc2Cl)c1N. The molecule has 2 rings (SSSR count). The van der Waals surface area contributed by atoms with Crippen molar-refractivity contribution >= 4 is 34.7 Å². The first-order valence-corrected chi connectivity index (χ1v) is 5.52. The number of rotatable bonds is 3. The van der Waals surface area contributed by atoms with Gasteiger partial charge in [-0.25, -0.2) is 0 Å². The minimum absolute atomic E-state index is 0.261. The number of hydrogen-bond donors (Lipinski definition) is 2. The van der Waals surface area contributed by atoms with Crippen LogP contribution in [0, 0.1) is 0 Å². The van der Waals surface area contributed by atoms with E-state index in [0.29, 0.717) is 18.1 Å². The van der Waals surface area contributed by atoms with E-state index >= 15 is 0 Å². The van der Waals surface area contributed by atoms with Crippen molar-refractivity contribution in [2.24, 2.45) is 7.05 Å². The van der Waals surface area contributed by atoms with E-state index in [1.807, 2.05) is 0 Å². The smallest absolute Gasteiger partial charge is 0.174 e. The quantitative estimate of drug-likeness (QED) is 0.889. The molecule has 17 heavy (non-hydrogen) atoms. The van der Waals surface area contributed by atoms with Gasteiger partial charge in [-0.3, -0.25) is 4.68 Å². The lowest BCUT2D eigenvalue weighted by molar-refractivity contribution is 0.778. The van der Waals surface area contributed by atoms with Crippen LogP contribution < -0.4 is 11.1 Å². The number of nitrogens with two attached hydrogens (primary N) is 1. The summed E-state index contributed by atoms with van der Waals surface area (Å²) >= 11 is 11.6. The molecular formula is C9H10Cl2N6. The van der Waals surface area contributed by atoms with Gasteiger partial charge in [-0.05, 0) is 0 Å². The molecule has 0 atom stereocenters. The van der Waals surface area contributed by atoms with Gasteiger partial charge in [0.15, 0.2) is 10.3 Å². The van der Waals surface area contributed by atoms with Gasteiger partial charge in [-0.2, -0.15) is 5.10 Å².